The van der Waals surface area contributed by atoms with E-state index in [4.69, 9.17) is 21.1 Å². The molecule has 14 heavy (non-hydrogen) atoms. The zero-order chi connectivity index (χ0) is 11.4. The van der Waals surface area contributed by atoms with E-state index in [-0.39, 0.29) is 6.54 Å². The first kappa shape index (κ1) is 12.8. The highest BCUT2D eigenvalue weighted by Crippen LogP contribution is 1.96. The number of hydrogen-bond acceptors (Lipinski definition) is 5. The van der Waals surface area contributed by atoms with Crippen LogP contribution in [0.2, 0.25) is 0 Å². The van der Waals surface area contributed by atoms with Crippen molar-refractivity contribution < 1.29 is 24.9 Å². The van der Waals surface area contributed by atoms with Gasteiger partial charge in [0.1, 0.15) is 11.8 Å². The third kappa shape index (κ3) is 6.35. The first-order valence-electron chi connectivity index (χ1n) is 3.91. The average molecular weight is 206 g/mol. The van der Waals surface area contributed by atoms with E-state index < -0.39 is 30.1 Å². The van der Waals surface area contributed by atoms with Crippen molar-refractivity contribution in [1.82, 2.24) is 5.32 Å². The molecule has 0 bridgehead atoms. The van der Waals surface area contributed by atoms with Crippen molar-refractivity contribution in [3.05, 3.63) is 0 Å². The maximum Gasteiger partial charge on any atom is 0.321 e. The van der Waals surface area contributed by atoms with E-state index in [9.17, 15) is 9.59 Å². The van der Waals surface area contributed by atoms with Crippen LogP contribution in [-0.4, -0.2) is 45.6 Å². The van der Waals surface area contributed by atoms with Gasteiger partial charge in [-0.05, 0) is 6.92 Å². The molecule has 0 aromatic rings. The second-order valence-electron chi connectivity index (χ2n) is 3.23. The molecule has 0 aromatic heterocycles. The maximum absolute atomic E-state index is 10.5. The van der Waals surface area contributed by atoms with Crippen LogP contribution in [0.3, 0.4) is 0 Å². The number of rotatable bonds is 6. The molecule has 0 aliphatic rings. The van der Waals surface area contributed by atoms with Gasteiger partial charge in [-0.25, -0.2) is 0 Å². The first-order chi connectivity index (χ1) is 6.22. The molecule has 0 heterocycles. The van der Waals surface area contributed by atoms with Gasteiger partial charge in [-0.1, -0.05) is 0 Å². The topological polar surface area (TPSA) is 133 Å². The standard InChI is InChI=1S/C7H14N2O5/c1-7(8,14)3-9-4(6(12)13)2-5(10)11/h4,9,14H,2-3,8H2,1H3,(H,10,11)(H,12,13). The molecule has 0 saturated carbocycles. The van der Waals surface area contributed by atoms with Crippen LogP contribution in [0.4, 0.5) is 0 Å². The Bertz CT molecular complexity index is 223. The predicted molar refractivity (Wildman–Crippen MR) is 46.5 cm³/mol. The molecule has 0 saturated heterocycles. The third-order valence-corrected chi connectivity index (χ3v) is 1.38. The Morgan fingerprint density at radius 2 is 2.00 bits per heavy atom. The fraction of sp³-hybridized carbons (Fsp3) is 0.714. The summed E-state index contributed by atoms with van der Waals surface area (Å²) in [7, 11) is 0. The van der Waals surface area contributed by atoms with Gasteiger partial charge < -0.3 is 21.1 Å². The molecule has 2 atom stereocenters. The molecule has 6 N–H and O–H groups in total. The zero-order valence-corrected chi connectivity index (χ0v) is 7.73. The van der Waals surface area contributed by atoms with Crippen molar-refractivity contribution in [2.75, 3.05) is 6.54 Å². The lowest BCUT2D eigenvalue weighted by Crippen LogP contribution is -2.51. The van der Waals surface area contributed by atoms with Crippen LogP contribution in [-0.2, 0) is 9.59 Å². The summed E-state index contributed by atoms with van der Waals surface area (Å²) in [5.41, 5.74) is 3.60. The molecule has 0 aliphatic carbocycles. The molecule has 7 nitrogen and oxygen atoms in total. The number of hydrogen-bond donors (Lipinski definition) is 5. The Balaban J connectivity index is 4.11. The third-order valence-electron chi connectivity index (χ3n) is 1.38. The molecule has 0 radical (unpaired) electrons. The molecule has 0 fully saturated rings. The van der Waals surface area contributed by atoms with Crippen LogP contribution in [0.25, 0.3) is 0 Å². The fourth-order valence-electron chi connectivity index (χ4n) is 0.751. The lowest BCUT2D eigenvalue weighted by molar-refractivity contribution is -0.146. The number of aliphatic carboxylic acids is 2. The Kier molecular flexibility index (Phi) is 4.48. The Labute approximate surface area is 80.5 Å². The fourth-order valence-corrected chi connectivity index (χ4v) is 0.751. The van der Waals surface area contributed by atoms with Crippen molar-refractivity contribution in [2.24, 2.45) is 5.73 Å². The van der Waals surface area contributed by atoms with Crippen molar-refractivity contribution in [2.45, 2.75) is 25.1 Å². The Hall–Kier alpha value is -1.18. The minimum atomic E-state index is -1.56. The van der Waals surface area contributed by atoms with Gasteiger partial charge in [-0.15, -0.1) is 0 Å². The quantitative estimate of drug-likeness (QED) is 0.323. The summed E-state index contributed by atoms with van der Waals surface area (Å²) in [4.78, 5) is 20.7. The van der Waals surface area contributed by atoms with Crippen LogP contribution < -0.4 is 11.1 Å². The van der Waals surface area contributed by atoms with E-state index in [1.54, 1.807) is 0 Å². The Morgan fingerprint density at radius 1 is 1.50 bits per heavy atom. The molecule has 7 heteroatoms. The van der Waals surface area contributed by atoms with Crippen molar-refractivity contribution in [3.63, 3.8) is 0 Å². The molecular weight excluding hydrogens is 192 g/mol. The van der Waals surface area contributed by atoms with E-state index in [1.807, 2.05) is 0 Å². The summed E-state index contributed by atoms with van der Waals surface area (Å²) in [6.07, 6.45) is -0.564. The minimum absolute atomic E-state index is 0.197. The van der Waals surface area contributed by atoms with E-state index in [1.165, 1.54) is 6.92 Å². The van der Waals surface area contributed by atoms with Gasteiger partial charge in [0, 0.05) is 6.54 Å². The smallest absolute Gasteiger partial charge is 0.321 e. The van der Waals surface area contributed by atoms with E-state index in [0.717, 1.165) is 0 Å². The highest BCUT2D eigenvalue weighted by molar-refractivity contribution is 5.80. The summed E-state index contributed by atoms with van der Waals surface area (Å²) in [6.45, 7) is 1.08. The normalized spacial score (nSPS) is 17.1. The lowest BCUT2D eigenvalue weighted by Gasteiger charge is -2.20. The Morgan fingerprint density at radius 3 is 2.29 bits per heavy atom. The summed E-state index contributed by atoms with van der Waals surface area (Å²) < 4.78 is 0. The van der Waals surface area contributed by atoms with Gasteiger partial charge in [0.15, 0.2) is 0 Å². The molecule has 0 rings (SSSR count). The summed E-state index contributed by atoms with van der Waals surface area (Å²) >= 11 is 0. The van der Waals surface area contributed by atoms with E-state index >= 15 is 0 Å². The molecule has 82 valence electrons. The largest absolute Gasteiger partial charge is 0.481 e. The lowest BCUT2D eigenvalue weighted by atomic mass is 10.2. The van der Waals surface area contributed by atoms with Crippen LogP contribution in [0, 0.1) is 0 Å². The summed E-state index contributed by atoms with van der Waals surface area (Å²) in [5.74, 6) is -2.53. The highest BCUT2D eigenvalue weighted by atomic mass is 16.4. The van der Waals surface area contributed by atoms with Gasteiger partial charge in [0.05, 0.1) is 6.42 Å². The van der Waals surface area contributed by atoms with Gasteiger partial charge >= 0.3 is 11.9 Å². The van der Waals surface area contributed by atoms with E-state index in [2.05, 4.69) is 5.32 Å². The molecular formula is C7H14N2O5. The molecule has 0 amide bonds. The number of nitrogens with two attached hydrogens (primary N) is 1. The maximum atomic E-state index is 10.5. The van der Waals surface area contributed by atoms with Crippen LogP contribution >= 0.6 is 0 Å². The van der Waals surface area contributed by atoms with Crippen molar-refractivity contribution in [3.8, 4) is 0 Å². The second-order valence-corrected chi connectivity index (χ2v) is 3.23. The number of carboxylic acids is 2. The monoisotopic (exact) mass is 206 g/mol. The first-order valence-corrected chi connectivity index (χ1v) is 3.91. The summed E-state index contributed by atoms with van der Waals surface area (Å²) in [6, 6.07) is -1.25. The average Bonchev–Trinajstić information content (AvgIpc) is 1.94. The zero-order valence-electron chi connectivity index (χ0n) is 7.73. The van der Waals surface area contributed by atoms with Crippen molar-refractivity contribution >= 4 is 11.9 Å². The van der Waals surface area contributed by atoms with Crippen LogP contribution in [0.15, 0.2) is 0 Å². The molecule has 0 aromatic carbocycles. The minimum Gasteiger partial charge on any atom is -0.481 e. The summed E-state index contributed by atoms with van der Waals surface area (Å²) in [5, 5.41) is 28.3. The van der Waals surface area contributed by atoms with Crippen LogP contribution in [0.1, 0.15) is 13.3 Å². The van der Waals surface area contributed by atoms with Gasteiger partial charge in [0.2, 0.25) is 0 Å². The van der Waals surface area contributed by atoms with Crippen molar-refractivity contribution in [1.29, 1.82) is 0 Å². The van der Waals surface area contributed by atoms with E-state index in [0.29, 0.717) is 0 Å². The van der Waals surface area contributed by atoms with Gasteiger partial charge in [-0.3, -0.25) is 14.9 Å². The predicted octanol–water partition coefficient (Wildman–Crippen LogP) is -1.83. The number of carboxylic acid groups (broad SMARTS) is 2. The molecule has 0 spiro atoms. The molecule has 2 unspecified atom stereocenters. The SMILES string of the molecule is CC(N)(O)CNC(CC(=O)O)C(=O)O. The van der Waals surface area contributed by atoms with Gasteiger partial charge in [-0.2, -0.15) is 0 Å². The number of aliphatic hydroxyl groups is 1. The second kappa shape index (κ2) is 4.89. The van der Waals surface area contributed by atoms with Crippen LogP contribution in [0.5, 0.6) is 0 Å². The highest BCUT2D eigenvalue weighted by Gasteiger charge is 2.23. The number of carbonyl (C=O) groups is 2. The molecule has 0 aliphatic heterocycles. The van der Waals surface area contributed by atoms with Gasteiger partial charge in [0.25, 0.3) is 0 Å². The number of nitrogens with one attached hydrogen (secondary N) is 1.